The molecule has 1 amide bonds. The van der Waals surface area contributed by atoms with Crippen molar-refractivity contribution >= 4 is 5.91 Å². The molecule has 1 aromatic carbocycles. The van der Waals surface area contributed by atoms with Gasteiger partial charge in [-0.15, -0.1) is 5.10 Å². The van der Waals surface area contributed by atoms with Crippen molar-refractivity contribution in [2.75, 3.05) is 19.6 Å². The Kier molecular flexibility index (Phi) is 6.77. The summed E-state index contributed by atoms with van der Waals surface area (Å²) < 4.78 is 1.93. The molecule has 26 heavy (non-hydrogen) atoms. The summed E-state index contributed by atoms with van der Waals surface area (Å²) in [5.74, 6) is -0.106. The molecule has 0 bridgehead atoms. The van der Waals surface area contributed by atoms with Crippen molar-refractivity contribution in [2.24, 2.45) is 0 Å². The van der Waals surface area contributed by atoms with Crippen molar-refractivity contribution in [1.29, 1.82) is 0 Å². The standard InChI is InChI=1S/C20H29N5O/c1-16-19(23-24-25(16)18-11-14-21-15-12-18)20(26)22-13-7-3-6-10-17-8-4-2-5-9-17/h2,4-5,8-9,18,21H,3,6-7,10-15H2,1H3,(H,22,26). The average molecular weight is 355 g/mol. The van der Waals surface area contributed by atoms with Crippen molar-refractivity contribution in [3.63, 3.8) is 0 Å². The van der Waals surface area contributed by atoms with E-state index in [0.29, 0.717) is 18.3 Å². The molecular formula is C20H29N5O. The van der Waals surface area contributed by atoms with Gasteiger partial charge in [-0.3, -0.25) is 4.79 Å². The summed E-state index contributed by atoms with van der Waals surface area (Å²) >= 11 is 0. The number of aromatic nitrogens is 3. The second-order valence-electron chi connectivity index (χ2n) is 7.00. The number of amides is 1. The Morgan fingerprint density at radius 1 is 1.19 bits per heavy atom. The van der Waals surface area contributed by atoms with Gasteiger partial charge in [0, 0.05) is 6.54 Å². The minimum absolute atomic E-state index is 0.106. The van der Waals surface area contributed by atoms with Crippen molar-refractivity contribution in [3.8, 4) is 0 Å². The van der Waals surface area contributed by atoms with Crippen molar-refractivity contribution < 1.29 is 4.79 Å². The fourth-order valence-electron chi connectivity index (χ4n) is 3.51. The van der Waals surface area contributed by atoms with Crippen LogP contribution in [0.3, 0.4) is 0 Å². The summed E-state index contributed by atoms with van der Waals surface area (Å²) in [6, 6.07) is 10.9. The summed E-state index contributed by atoms with van der Waals surface area (Å²) in [4.78, 5) is 12.4. The molecule has 1 saturated heterocycles. The van der Waals surface area contributed by atoms with Gasteiger partial charge in [-0.05, 0) is 57.7 Å². The fraction of sp³-hybridized carbons (Fsp3) is 0.550. The molecule has 140 valence electrons. The molecule has 6 nitrogen and oxygen atoms in total. The van der Waals surface area contributed by atoms with Crippen molar-refractivity contribution in [1.82, 2.24) is 25.6 Å². The van der Waals surface area contributed by atoms with E-state index < -0.39 is 0 Å². The molecule has 0 unspecified atom stereocenters. The van der Waals surface area contributed by atoms with E-state index in [4.69, 9.17) is 0 Å². The van der Waals surface area contributed by atoms with Crippen LogP contribution in [-0.4, -0.2) is 40.5 Å². The van der Waals surface area contributed by atoms with Gasteiger partial charge in [0.1, 0.15) is 0 Å². The van der Waals surface area contributed by atoms with E-state index >= 15 is 0 Å². The maximum absolute atomic E-state index is 12.4. The number of nitrogens with one attached hydrogen (secondary N) is 2. The molecule has 1 fully saturated rings. The van der Waals surface area contributed by atoms with E-state index in [2.05, 4.69) is 45.2 Å². The highest BCUT2D eigenvalue weighted by atomic mass is 16.2. The topological polar surface area (TPSA) is 71.8 Å². The second-order valence-corrected chi connectivity index (χ2v) is 7.00. The summed E-state index contributed by atoms with van der Waals surface area (Å²) in [7, 11) is 0. The third kappa shape index (κ3) is 4.91. The smallest absolute Gasteiger partial charge is 0.273 e. The average Bonchev–Trinajstić information content (AvgIpc) is 3.07. The molecular weight excluding hydrogens is 326 g/mol. The number of carbonyl (C=O) groups excluding carboxylic acids is 1. The zero-order chi connectivity index (χ0) is 18.2. The Morgan fingerprint density at radius 2 is 1.96 bits per heavy atom. The molecule has 3 rings (SSSR count). The van der Waals surface area contributed by atoms with E-state index in [1.54, 1.807) is 0 Å². The lowest BCUT2D eigenvalue weighted by Gasteiger charge is -2.23. The van der Waals surface area contributed by atoms with Crippen molar-refractivity contribution in [3.05, 3.63) is 47.3 Å². The molecule has 1 aromatic heterocycles. The van der Waals surface area contributed by atoms with Crippen LogP contribution in [0.15, 0.2) is 30.3 Å². The van der Waals surface area contributed by atoms with Crippen LogP contribution in [0, 0.1) is 6.92 Å². The molecule has 2 N–H and O–H groups in total. The summed E-state index contributed by atoms with van der Waals surface area (Å²) in [5, 5.41) is 14.7. The van der Waals surface area contributed by atoms with Gasteiger partial charge in [0.05, 0.1) is 11.7 Å². The number of rotatable bonds is 8. The lowest BCUT2D eigenvalue weighted by atomic mass is 10.1. The Morgan fingerprint density at radius 3 is 2.73 bits per heavy atom. The van der Waals surface area contributed by atoms with Gasteiger partial charge in [-0.25, -0.2) is 4.68 Å². The predicted octanol–water partition coefficient (Wildman–Crippen LogP) is 2.65. The number of hydrogen-bond donors (Lipinski definition) is 2. The summed E-state index contributed by atoms with van der Waals surface area (Å²) in [5.41, 5.74) is 2.72. The molecule has 1 aliphatic rings. The zero-order valence-electron chi connectivity index (χ0n) is 15.6. The lowest BCUT2D eigenvalue weighted by Crippen LogP contribution is -2.30. The van der Waals surface area contributed by atoms with E-state index in [1.165, 1.54) is 5.56 Å². The molecule has 0 spiro atoms. The number of benzene rings is 1. The molecule has 2 heterocycles. The van der Waals surface area contributed by atoms with Gasteiger partial charge in [-0.1, -0.05) is 42.0 Å². The first kappa shape index (κ1) is 18.6. The van der Waals surface area contributed by atoms with Crippen LogP contribution in [0.4, 0.5) is 0 Å². The molecule has 0 aliphatic carbocycles. The molecule has 1 aliphatic heterocycles. The van der Waals surface area contributed by atoms with E-state index in [1.807, 2.05) is 17.7 Å². The lowest BCUT2D eigenvalue weighted by molar-refractivity contribution is 0.0947. The number of unbranched alkanes of at least 4 members (excludes halogenated alkanes) is 2. The Labute approximate surface area is 155 Å². The highest BCUT2D eigenvalue weighted by Gasteiger charge is 2.22. The van der Waals surface area contributed by atoms with Gasteiger partial charge >= 0.3 is 0 Å². The highest BCUT2D eigenvalue weighted by molar-refractivity contribution is 5.93. The maximum atomic E-state index is 12.4. The van der Waals surface area contributed by atoms with E-state index in [-0.39, 0.29) is 5.91 Å². The Hall–Kier alpha value is -2.21. The second kappa shape index (κ2) is 9.48. The zero-order valence-corrected chi connectivity index (χ0v) is 15.6. The molecule has 6 heteroatoms. The number of piperidine rings is 1. The maximum Gasteiger partial charge on any atom is 0.273 e. The van der Waals surface area contributed by atoms with Crippen LogP contribution >= 0.6 is 0 Å². The first-order chi connectivity index (χ1) is 12.8. The molecule has 0 radical (unpaired) electrons. The van der Waals surface area contributed by atoms with Crippen LogP contribution in [-0.2, 0) is 6.42 Å². The van der Waals surface area contributed by atoms with Gasteiger partial charge in [-0.2, -0.15) is 0 Å². The number of hydrogen-bond acceptors (Lipinski definition) is 4. The normalized spacial score (nSPS) is 15.1. The fourth-order valence-corrected chi connectivity index (χ4v) is 3.51. The first-order valence-electron chi connectivity index (χ1n) is 9.70. The van der Waals surface area contributed by atoms with Gasteiger partial charge < -0.3 is 10.6 Å². The first-order valence-corrected chi connectivity index (χ1v) is 9.70. The number of carbonyl (C=O) groups is 1. The van der Waals surface area contributed by atoms with E-state index in [0.717, 1.165) is 57.3 Å². The highest BCUT2D eigenvalue weighted by Crippen LogP contribution is 2.20. The number of aryl methyl sites for hydroxylation is 1. The van der Waals surface area contributed by atoms with Crippen LogP contribution < -0.4 is 10.6 Å². The summed E-state index contributed by atoms with van der Waals surface area (Å²) in [6.45, 7) is 4.62. The Bertz CT molecular complexity index is 691. The van der Waals surface area contributed by atoms with E-state index in [9.17, 15) is 4.79 Å². The minimum atomic E-state index is -0.106. The van der Waals surface area contributed by atoms with Crippen LogP contribution in [0.5, 0.6) is 0 Å². The van der Waals surface area contributed by atoms with Crippen LogP contribution in [0.1, 0.15) is 59.9 Å². The molecule has 0 saturated carbocycles. The van der Waals surface area contributed by atoms with Gasteiger partial charge in [0.25, 0.3) is 5.91 Å². The monoisotopic (exact) mass is 355 g/mol. The third-order valence-electron chi connectivity index (χ3n) is 5.07. The van der Waals surface area contributed by atoms with Crippen molar-refractivity contribution in [2.45, 2.75) is 51.5 Å². The van der Waals surface area contributed by atoms with Crippen LogP contribution in [0.25, 0.3) is 0 Å². The van der Waals surface area contributed by atoms with Gasteiger partial charge in [0.2, 0.25) is 0 Å². The van der Waals surface area contributed by atoms with Gasteiger partial charge in [0.15, 0.2) is 5.69 Å². The largest absolute Gasteiger partial charge is 0.351 e. The summed E-state index contributed by atoms with van der Waals surface area (Å²) in [6.07, 6.45) is 6.40. The minimum Gasteiger partial charge on any atom is -0.351 e. The predicted molar refractivity (Wildman–Crippen MR) is 102 cm³/mol. The molecule has 2 aromatic rings. The van der Waals surface area contributed by atoms with Crippen LogP contribution in [0.2, 0.25) is 0 Å². The quantitative estimate of drug-likeness (QED) is 0.714. The number of nitrogens with zero attached hydrogens (tertiary/aromatic N) is 3. The third-order valence-corrected chi connectivity index (χ3v) is 5.07. The molecule has 0 atom stereocenters. The SMILES string of the molecule is Cc1c(C(=O)NCCCCCc2ccccc2)nnn1C1CCNCC1. The Balaban J connectivity index is 1.39.